The van der Waals surface area contributed by atoms with Crippen LogP contribution in [0.3, 0.4) is 0 Å². The van der Waals surface area contributed by atoms with Gasteiger partial charge < -0.3 is 18.6 Å². The Morgan fingerprint density at radius 3 is 2.00 bits per heavy atom. The lowest BCUT2D eigenvalue weighted by atomic mass is 10.5. The van der Waals surface area contributed by atoms with E-state index in [9.17, 15) is 0 Å². The van der Waals surface area contributed by atoms with Gasteiger partial charge in [-0.05, 0) is 27.2 Å². The molecule has 0 aliphatic carbocycles. The van der Waals surface area contributed by atoms with Gasteiger partial charge in [0.05, 0.1) is 17.3 Å². The van der Waals surface area contributed by atoms with E-state index in [-0.39, 0.29) is 5.45 Å². The summed E-state index contributed by atoms with van der Waals surface area (Å²) in [7, 11) is -3.53. The van der Waals surface area contributed by atoms with Crippen LogP contribution in [0.25, 0.3) is 0 Å². The van der Waals surface area contributed by atoms with Crippen molar-refractivity contribution in [2.24, 2.45) is 0 Å². The number of hydrogen-bond donors (Lipinski definition) is 1. The van der Waals surface area contributed by atoms with Crippen molar-refractivity contribution in [3.8, 4) is 0 Å². The van der Waals surface area contributed by atoms with Crippen LogP contribution < -0.4 is 10.8 Å². The van der Waals surface area contributed by atoms with E-state index < -0.39 is 8.80 Å². The molecule has 8 heteroatoms. The van der Waals surface area contributed by atoms with Gasteiger partial charge in [0.25, 0.3) is 0 Å². The second-order valence-electron chi connectivity index (χ2n) is 5.03. The van der Waals surface area contributed by atoms with Gasteiger partial charge in [-0.2, -0.15) is 4.98 Å². The van der Waals surface area contributed by atoms with Crippen molar-refractivity contribution in [3.05, 3.63) is 43.3 Å². The summed E-state index contributed by atoms with van der Waals surface area (Å²) in [6.07, 6.45) is 2.32. The number of allylic oxidation sites excluding steroid dienone is 3. The van der Waals surface area contributed by atoms with E-state index in [0.717, 1.165) is 13.0 Å². The topological polar surface area (TPSA) is 78.4 Å². The molecule has 0 bridgehead atoms. The highest BCUT2D eigenvalue weighted by atomic mass is 28.4. The highest BCUT2D eigenvalue weighted by Crippen LogP contribution is 2.19. The SMILES string of the molecule is C=C(C)O[Si](OC(=C)C)(OC(=C)C)c1ncnc(NCCC)n1. The van der Waals surface area contributed by atoms with E-state index in [2.05, 4.69) is 40.0 Å². The summed E-state index contributed by atoms with van der Waals surface area (Å²) in [5.74, 6) is 1.68. The van der Waals surface area contributed by atoms with Crippen molar-refractivity contribution in [1.29, 1.82) is 0 Å². The van der Waals surface area contributed by atoms with Crippen LogP contribution >= 0.6 is 0 Å². The quantitative estimate of drug-likeness (QED) is 0.519. The molecule has 0 unspecified atom stereocenters. The van der Waals surface area contributed by atoms with E-state index in [1.807, 2.05) is 6.92 Å². The normalized spacial score (nSPS) is 10.6. The van der Waals surface area contributed by atoms with E-state index in [1.54, 1.807) is 20.8 Å². The third kappa shape index (κ3) is 5.74. The van der Waals surface area contributed by atoms with Crippen LogP contribution in [0, 0.1) is 0 Å². The molecule has 0 aliphatic rings. The van der Waals surface area contributed by atoms with Gasteiger partial charge in [0.1, 0.15) is 6.33 Å². The summed E-state index contributed by atoms with van der Waals surface area (Å²) in [4.78, 5) is 12.6. The Morgan fingerprint density at radius 1 is 1.04 bits per heavy atom. The largest absolute Gasteiger partial charge is 0.776 e. The lowest BCUT2D eigenvalue weighted by Crippen LogP contribution is -2.58. The summed E-state index contributed by atoms with van der Waals surface area (Å²) >= 11 is 0. The molecule has 7 nitrogen and oxygen atoms in total. The first-order valence-corrected chi connectivity index (χ1v) is 8.98. The van der Waals surface area contributed by atoms with Crippen molar-refractivity contribution in [3.63, 3.8) is 0 Å². The Balaban J connectivity index is 3.31. The molecule has 1 N–H and O–H groups in total. The molecule has 0 fully saturated rings. The molecule has 0 saturated heterocycles. The fourth-order valence-electron chi connectivity index (χ4n) is 1.65. The Bertz CT molecular complexity index is 551. The second-order valence-corrected chi connectivity index (χ2v) is 7.20. The molecule has 23 heavy (non-hydrogen) atoms. The van der Waals surface area contributed by atoms with Crippen molar-refractivity contribution < 1.29 is 13.3 Å². The molecule has 1 heterocycles. The predicted octanol–water partition coefficient (Wildman–Crippen LogP) is 2.49. The molecule has 0 radical (unpaired) electrons. The van der Waals surface area contributed by atoms with Crippen molar-refractivity contribution >= 4 is 20.2 Å². The molecule has 1 aromatic heterocycles. The summed E-state index contributed by atoms with van der Waals surface area (Å²) in [5, 5.41) is 3.09. The molecule has 0 atom stereocenters. The van der Waals surface area contributed by atoms with E-state index in [0.29, 0.717) is 23.2 Å². The smallest absolute Gasteiger partial charge is 0.483 e. The Hall–Kier alpha value is -2.35. The fourth-order valence-corrected chi connectivity index (χ4v) is 3.89. The van der Waals surface area contributed by atoms with Crippen LogP contribution in [-0.4, -0.2) is 30.3 Å². The first-order valence-electron chi connectivity index (χ1n) is 7.26. The average molecular weight is 336 g/mol. The maximum Gasteiger partial charge on any atom is 0.776 e. The first kappa shape index (κ1) is 18.7. The number of aromatic nitrogens is 3. The van der Waals surface area contributed by atoms with Gasteiger partial charge in [-0.25, -0.2) is 9.97 Å². The molecule has 0 aliphatic heterocycles. The standard InChI is InChI=1S/C15H24N4O3Si/c1-8-9-16-14-17-10-18-15(19-14)23(20-11(2)3,21-12(4)5)22-13(6)7/h10H,2,4,6,8-9H2,1,3,5,7H3,(H,16,17,18,19). The van der Waals surface area contributed by atoms with Crippen LogP contribution in [0.4, 0.5) is 5.95 Å². The summed E-state index contributed by atoms with van der Waals surface area (Å²) < 4.78 is 17.4. The van der Waals surface area contributed by atoms with Crippen LogP contribution in [0.2, 0.25) is 0 Å². The zero-order valence-corrected chi connectivity index (χ0v) is 15.2. The Morgan fingerprint density at radius 2 is 1.57 bits per heavy atom. The molecular formula is C15H24N4O3Si. The van der Waals surface area contributed by atoms with Gasteiger partial charge in [0.2, 0.25) is 11.4 Å². The minimum Gasteiger partial charge on any atom is -0.483 e. The lowest BCUT2D eigenvalue weighted by molar-refractivity contribution is 0.159. The molecule has 0 saturated carbocycles. The van der Waals surface area contributed by atoms with Crippen LogP contribution in [0.15, 0.2) is 43.3 Å². The molecule has 0 amide bonds. The van der Waals surface area contributed by atoms with Gasteiger partial charge in [-0.3, -0.25) is 0 Å². The molecule has 0 aromatic carbocycles. The summed E-state index contributed by atoms with van der Waals surface area (Å²) in [6, 6.07) is 0. The van der Waals surface area contributed by atoms with Gasteiger partial charge in [0, 0.05) is 6.54 Å². The number of anilines is 1. The maximum atomic E-state index is 5.80. The molecule has 1 aromatic rings. The summed E-state index contributed by atoms with van der Waals surface area (Å²) in [5.41, 5.74) is 0.264. The van der Waals surface area contributed by atoms with Crippen LogP contribution in [0.5, 0.6) is 0 Å². The van der Waals surface area contributed by atoms with Crippen molar-refractivity contribution in [2.75, 3.05) is 11.9 Å². The van der Waals surface area contributed by atoms with E-state index in [1.165, 1.54) is 6.33 Å². The number of nitrogens with one attached hydrogen (secondary N) is 1. The van der Waals surface area contributed by atoms with Gasteiger partial charge in [0.15, 0.2) is 0 Å². The highest BCUT2D eigenvalue weighted by Gasteiger charge is 2.56. The van der Waals surface area contributed by atoms with Gasteiger partial charge in [-0.1, -0.05) is 26.7 Å². The maximum absolute atomic E-state index is 5.80. The first-order chi connectivity index (χ1) is 10.8. The zero-order valence-electron chi connectivity index (χ0n) is 14.2. The third-order valence-electron chi connectivity index (χ3n) is 2.30. The zero-order chi connectivity index (χ0) is 17.5. The fraction of sp³-hybridized carbons (Fsp3) is 0.400. The van der Waals surface area contributed by atoms with Crippen LogP contribution in [0.1, 0.15) is 34.1 Å². The van der Waals surface area contributed by atoms with E-state index in [4.69, 9.17) is 13.3 Å². The van der Waals surface area contributed by atoms with Crippen LogP contribution in [-0.2, 0) is 13.3 Å². The number of nitrogens with zero attached hydrogens (tertiary/aromatic N) is 3. The Kier molecular flexibility index (Phi) is 6.77. The lowest BCUT2D eigenvalue weighted by Gasteiger charge is -2.28. The van der Waals surface area contributed by atoms with Gasteiger partial charge in [-0.15, -0.1) is 0 Å². The van der Waals surface area contributed by atoms with Gasteiger partial charge >= 0.3 is 8.80 Å². The number of rotatable bonds is 10. The molecule has 0 spiro atoms. The molecule has 126 valence electrons. The predicted molar refractivity (Wildman–Crippen MR) is 91.7 cm³/mol. The number of hydrogen-bond acceptors (Lipinski definition) is 7. The highest BCUT2D eigenvalue weighted by molar-refractivity contribution is 6.74. The van der Waals surface area contributed by atoms with Crippen molar-refractivity contribution in [1.82, 2.24) is 15.0 Å². The molecule has 1 rings (SSSR count). The average Bonchev–Trinajstić information content (AvgIpc) is 2.43. The second kappa shape index (κ2) is 8.32. The summed E-state index contributed by atoms with van der Waals surface area (Å²) in [6.45, 7) is 19.2. The van der Waals surface area contributed by atoms with Crippen molar-refractivity contribution in [2.45, 2.75) is 34.1 Å². The molecular weight excluding hydrogens is 312 g/mol. The monoisotopic (exact) mass is 336 g/mol. The van der Waals surface area contributed by atoms with E-state index >= 15 is 0 Å². The minimum absolute atomic E-state index is 0.264. The Labute approximate surface area is 138 Å². The minimum atomic E-state index is -3.53. The third-order valence-corrected chi connectivity index (χ3v) is 4.94.